The van der Waals surface area contributed by atoms with Crippen LogP contribution in [0.4, 0.5) is 0 Å². The van der Waals surface area contributed by atoms with Gasteiger partial charge in [0, 0.05) is 6.92 Å². The van der Waals surface area contributed by atoms with Gasteiger partial charge in [-0.15, -0.1) is 4.91 Å². The van der Waals surface area contributed by atoms with E-state index in [0.29, 0.717) is 0 Å². The van der Waals surface area contributed by atoms with E-state index in [9.17, 15) is 9.70 Å². The van der Waals surface area contributed by atoms with E-state index in [1.165, 1.54) is 6.92 Å². The minimum absolute atomic E-state index is 0.0741. The molecule has 0 heterocycles. The summed E-state index contributed by atoms with van der Waals surface area (Å²) in [7, 11) is 0. The number of hydrogen-bond donors (Lipinski definition) is 0. The van der Waals surface area contributed by atoms with Crippen molar-refractivity contribution in [3.63, 3.8) is 0 Å². The molecule has 1 saturated carbocycles. The van der Waals surface area contributed by atoms with Crippen LogP contribution in [-0.2, 0) is 4.79 Å². The van der Waals surface area contributed by atoms with Crippen molar-refractivity contribution >= 4 is 5.91 Å². The number of nitroso groups, excluding NO2 is 1. The van der Waals surface area contributed by atoms with Gasteiger partial charge in [-0.25, -0.2) is 0 Å². The zero-order valence-electron chi connectivity index (χ0n) is 6.62. The fraction of sp³-hybridized carbons (Fsp3) is 0.857. The molecule has 1 fully saturated rings. The normalized spacial score (nSPS) is 18.3. The zero-order valence-corrected chi connectivity index (χ0v) is 6.62. The average Bonchev–Trinajstić information content (AvgIpc) is 2.40. The van der Waals surface area contributed by atoms with Gasteiger partial charge in [0.15, 0.2) is 0 Å². The van der Waals surface area contributed by atoms with Gasteiger partial charge in [-0.2, -0.15) is 5.01 Å². The standard InChI is InChI=1S/C7H12N2O2/c1-6(10)9(8-11)7-4-2-3-5-7/h7H,2-5H2,1H3. The van der Waals surface area contributed by atoms with Crippen LogP contribution in [0.5, 0.6) is 0 Å². The Labute approximate surface area is 65.5 Å². The molecule has 1 rings (SSSR count). The summed E-state index contributed by atoms with van der Waals surface area (Å²) >= 11 is 0. The first-order chi connectivity index (χ1) is 5.25. The molecule has 4 heteroatoms. The molecular weight excluding hydrogens is 144 g/mol. The fourth-order valence-electron chi connectivity index (χ4n) is 1.53. The SMILES string of the molecule is CC(=O)N(N=O)C1CCCC1. The Bertz CT molecular complexity index is 164. The molecular formula is C7H12N2O2. The minimum atomic E-state index is -0.244. The fourth-order valence-corrected chi connectivity index (χ4v) is 1.53. The summed E-state index contributed by atoms with van der Waals surface area (Å²) in [4.78, 5) is 21.0. The van der Waals surface area contributed by atoms with Crippen molar-refractivity contribution in [2.24, 2.45) is 5.29 Å². The zero-order chi connectivity index (χ0) is 8.27. The quantitative estimate of drug-likeness (QED) is 0.449. The summed E-state index contributed by atoms with van der Waals surface area (Å²) in [6.45, 7) is 1.37. The van der Waals surface area contributed by atoms with Crippen LogP contribution in [0.2, 0.25) is 0 Å². The number of hydrogen-bond acceptors (Lipinski definition) is 3. The van der Waals surface area contributed by atoms with E-state index in [4.69, 9.17) is 0 Å². The van der Waals surface area contributed by atoms with Crippen LogP contribution < -0.4 is 0 Å². The highest BCUT2D eigenvalue weighted by molar-refractivity contribution is 5.73. The maximum Gasteiger partial charge on any atom is 0.242 e. The highest BCUT2D eigenvalue weighted by Gasteiger charge is 2.25. The summed E-state index contributed by atoms with van der Waals surface area (Å²) in [5.74, 6) is -0.244. The lowest BCUT2D eigenvalue weighted by atomic mass is 10.2. The lowest BCUT2D eigenvalue weighted by Crippen LogP contribution is -2.31. The molecule has 1 aliphatic carbocycles. The third-order valence-corrected chi connectivity index (χ3v) is 2.08. The van der Waals surface area contributed by atoms with Crippen molar-refractivity contribution in [1.82, 2.24) is 5.01 Å². The van der Waals surface area contributed by atoms with Gasteiger partial charge < -0.3 is 0 Å². The molecule has 0 radical (unpaired) electrons. The Balaban J connectivity index is 2.53. The Morgan fingerprint density at radius 1 is 1.45 bits per heavy atom. The third-order valence-electron chi connectivity index (χ3n) is 2.08. The van der Waals surface area contributed by atoms with Gasteiger partial charge in [0.1, 0.15) is 0 Å². The molecule has 0 aliphatic heterocycles. The molecule has 1 aliphatic rings. The predicted molar refractivity (Wildman–Crippen MR) is 40.6 cm³/mol. The van der Waals surface area contributed by atoms with Crippen LogP contribution in [-0.4, -0.2) is 17.0 Å². The largest absolute Gasteiger partial charge is 0.273 e. The number of carbonyl (C=O) groups excluding carboxylic acids is 1. The van der Waals surface area contributed by atoms with Gasteiger partial charge in [0.05, 0.1) is 11.3 Å². The molecule has 0 saturated heterocycles. The van der Waals surface area contributed by atoms with Crippen LogP contribution in [0.25, 0.3) is 0 Å². The highest BCUT2D eigenvalue weighted by atomic mass is 16.3. The molecule has 1 amide bonds. The molecule has 0 unspecified atom stereocenters. The number of amides is 1. The van der Waals surface area contributed by atoms with Crippen molar-refractivity contribution in [3.05, 3.63) is 4.91 Å². The van der Waals surface area contributed by atoms with Crippen LogP contribution in [0, 0.1) is 4.91 Å². The molecule has 0 aromatic carbocycles. The number of rotatable bonds is 2. The van der Waals surface area contributed by atoms with E-state index in [2.05, 4.69) is 5.29 Å². The average molecular weight is 156 g/mol. The monoisotopic (exact) mass is 156 g/mol. The first-order valence-electron chi connectivity index (χ1n) is 3.89. The summed E-state index contributed by atoms with van der Waals surface area (Å²) < 4.78 is 0. The molecule has 0 aromatic rings. The molecule has 4 nitrogen and oxygen atoms in total. The molecule has 62 valence electrons. The number of carbonyl (C=O) groups is 1. The van der Waals surface area contributed by atoms with Crippen LogP contribution >= 0.6 is 0 Å². The summed E-state index contributed by atoms with van der Waals surface area (Å²) in [6, 6.07) is 0.0741. The summed E-state index contributed by atoms with van der Waals surface area (Å²) in [5, 5.41) is 3.77. The van der Waals surface area contributed by atoms with Crippen LogP contribution in [0.1, 0.15) is 32.6 Å². The van der Waals surface area contributed by atoms with E-state index in [1.54, 1.807) is 0 Å². The van der Waals surface area contributed by atoms with Crippen molar-refractivity contribution in [3.8, 4) is 0 Å². The van der Waals surface area contributed by atoms with Crippen molar-refractivity contribution in [2.75, 3.05) is 0 Å². The molecule has 0 atom stereocenters. The topological polar surface area (TPSA) is 49.7 Å². The first kappa shape index (κ1) is 8.17. The Kier molecular flexibility index (Phi) is 2.57. The summed E-state index contributed by atoms with van der Waals surface area (Å²) in [6.07, 6.45) is 4.05. The van der Waals surface area contributed by atoms with E-state index in [0.717, 1.165) is 30.7 Å². The molecule has 0 spiro atoms. The van der Waals surface area contributed by atoms with Crippen molar-refractivity contribution in [1.29, 1.82) is 0 Å². The molecule has 0 bridgehead atoms. The molecule has 11 heavy (non-hydrogen) atoms. The van der Waals surface area contributed by atoms with Gasteiger partial charge in [0.2, 0.25) is 5.91 Å². The summed E-state index contributed by atoms with van der Waals surface area (Å²) in [5.41, 5.74) is 0. The predicted octanol–water partition coefficient (Wildman–Crippen LogP) is 1.46. The van der Waals surface area contributed by atoms with E-state index in [-0.39, 0.29) is 11.9 Å². The second-order valence-corrected chi connectivity index (χ2v) is 2.88. The molecule has 0 N–H and O–H groups in total. The van der Waals surface area contributed by atoms with Gasteiger partial charge in [0.25, 0.3) is 0 Å². The smallest absolute Gasteiger partial charge is 0.242 e. The molecule has 0 aromatic heterocycles. The Morgan fingerprint density at radius 3 is 2.36 bits per heavy atom. The van der Waals surface area contributed by atoms with Gasteiger partial charge in [-0.05, 0) is 12.8 Å². The minimum Gasteiger partial charge on any atom is -0.273 e. The van der Waals surface area contributed by atoms with E-state index in [1.807, 2.05) is 0 Å². The Morgan fingerprint density at radius 2 is 2.00 bits per heavy atom. The van der Waals surface area contributed by atoms with E-state index >= 15 is 0 Å². The number of nitrogens with zero attached hydrogens (tertiary/aromatic N) is 2. The van der Waals surface area contributed by atoms with Crippen molar-refractivity contribution < 1.29 is 4.79 Å². The van der Waals surface area contributed by atoms with Crippen molar-refractivity contribution in [2.45, 2.75) is 38.6 Å². The van der Waals surface area contributed by atoms with Crippen LogP contribution in [0.3, 0.4) is 0 Å². The third kappa shape index (κ3) is 1.76. The Hall–Kier alpha value is -0.930. The van der Waals surface area contributed by atoms with Gasteiger partial charge in [-0.1, -0.05) is 12.8 Å². The lowest BCUT2D eigenvalue weighted by Gasteiger charge is -2.17. The highest BCUT2D eigenvalue weighted by Crippen LogP contribution is 2.23. The van der Waals surface area contributed by atoms with Crippen LogP contribution in [0.15, 0.2) is 5.29 Å². The maximum atomic E-state index is 10.8. The lowest BCUT2D eigenvalue weighted by molar-refractivity contribution is -0.131. The maximum absolute atomic E-state index is 10.8. The van der Waals surface area contributed by atoms with E-state index < -0.39 is 0 Å². The second-order valence-electron chi connectivity index (χ2n) is 2.88. The van der Waals surface area contributed by atoms with Gasteiger partial charge in [-0.3, -0.25) is 4.79 Å². The first-order valence-corrected chi connectivity index (χ1v) is 3.89. The second kappa shape index (κ2) is 3.46. The van der Waals surface area contributed by atoms with Gasteiger partial charge >= 0.3 is 0 Å².